The summed E-state index contributed by atoms with van der Waals surface area (Å²) < 4.78 is 41.5. The molecule has 0 radical (unpaired) electrons. The van der Waals surface area contributed by atoms with Crippen LogP contribution >= 0.6 is 15.9 Å². The van der Waals surface area contributed by atoms with Crippen molar-refractivity contribution in [3.63, 3.8) is 0 Å². The summed E-state index contributed by atoms with van der Waals surface area (Å²) in [5.41, 5.74) is 2.64. The molecule has 2 rings (SSSR count). The number of rotatable bonds is 3. The fourth-order valence-corrected chi connectivity index (χ4v) is 2.43. The van der Waals surface area contributed by atoms with Crippen molar-refractivity contribution in [2.45, 2.75) is 19.7 Å². The second-order valence-electron chi connectivity index (χ2n) is 4.28. The maximum Gasteiger partial charge on any atom is 0.573 e. The average molecular weight is 345 g/mol. The Balaban J connectivity index is 2.38. The molecule has 0 fully saturated rings. The minimum atomic E-state index is -4.68. The van der Waals surface area contributed by atoms with Crippen molar-refractivity contribution in [2.75, 3.05) is 0 Å². The number of alkyl halides is 3. The quantitative estimate of drug-likeness (QED) is 0.706. The van der Waals surface area contributed by atoms with Crippen LogP contribution in [0.25, 0.3) is 11.1 Å². The summed E-state index contributed by atoms with van der Waals surface area (Å²) in [5.74, 6) is -0.215. The summed E-state index contributed by atoms with van der Waals surface area (Å²) in [6.45, 7) is 2.02. The molecule has 0 amide bonds. The summed E-state index contributed by atoms with van der Waals surface area (Å²) in [5, 5.41) is 0. The molecule has 0 spiro atoms. The van der Waals surface area contributed by atoms with E-state index in [0.29, 0.717) is 5.56 Å². The first-order valence-electron chi connectivity index (χ1n) is 6.03. The molecule has 0 aromatic heterocycles. The van der Waals surface area contributed by atoms with Crippen LogP contribution < -0.4 is 4.74 Å². The Morgan fingerprint density at radius 3 is 2.45 bits per heavy atom. The first-order chi connectivity index (χ1) is 9.37. The maximum absolute atomic E-state index is 12.2. The van der Waals surface area contributed by atoms with Crippen molar-refractivity contribution < 1.29 is 17.9 Å². The predicted octanol–water partition coefficient (Wildman–Crippen LogP) is 5.58. The Hall–Kier alpha value is -1.49. The number of benzene rings is 2. The van der Waals surface area contributed by atoms with Gasteiger partial charge in [-0.2, -0.15) is 0 Å². The zero-order valence-electron chi connectivity index (χ0n) is 10.7. The van der Waals surface area contributed by atoms with Crippen molar-refractivity contribution in [3.05, 3.63) is 52.5 Å². The van der Waals surface area contributed by atoms with Gasteiger partial charge in [-0.1, -0.05) is 41.1 Å². The molecule has 106 valence electrons. The minimum Gasteiger partial charge on any atom is -0.406 e. The van der Waals surface area contributed by atoms with Gasteiger partial charge < -0.3 is 4.74 Å². The third-order valence-corrected chi connectivity index (χ3v) is 3.22. The summed E-state index contributed by atoms with van der Waals surface area (Å²) in [4.78, 5) is 0. The largest absolute Gasteiger partial charge is 0.573 e. The van der Waals surface area contributed by atoms with E-state index in [1.165, 1.54) is 12.1 Å². The topological polar surface area (TPSA) is 9.23 Å². The lowest BCUT2D eigenvalue weighted by molar-refractivity contribution is -0.274. The van der Waals surface area contributed by atoms with Gasteiger partial charge in [-0.3, -0.25) is 0 Å². The maximum atomic E-state index is 12.2. The van der Waals surface area contributed by atoms with E-state index in [-0.39, 0.29) is 5.75 Å². The fraction of sp³-hybridized carbons (Fsp3) is 0.200. The van der Waals surface area contributed by atoms with E-state index in [9.17, 15) is 13.2 Å². The molecule has 0 aliphatic rings. The van der Waals surface area contributed by atoms with E-state index in [1.807, 2.05) is 25.1 Å². The molecule has 0 heterocycles. The minimum absolute atomic E-state index is 0.215. The Morgan fingerprint density at radius 2 is 1.80 bits per heavy atom. The van der Waals surface area contributed by atoms with Crippen LogP contribution in [0.1, 0.15) is 12.5 Å². The number of hydrogen-bond acceptors (Lipinski definition) is 1. The van der Waals surface area contributed by atoms with Gasteiger partial charge in [0, 0.05) is 4.47 Å². The van der Waals surface area contributed by atoms with Gasteiger partial charge in [-0.15, -0.1) is 13.2 Å². The smallest absolute Gasteiger partial charge is 0.406 e. The van der Waals surface area contributed by atoms with Gasteiger partial charge >= 0.3 is 6.36 Å². The lowest BCUT2D eigenvalue weighted by Gasteiger charge is -2.11. The number of aryl methyl sites for hydroxylation is 1. The van der Waals surface area contributed by atoms with Crippen LogP contribution in [-0.2, 0) is 6.42 Å². The van der Waals surface area contributed by atoms with E-state index in [1.54, 1.807) is 12.1 Å². The Labute approximate surface area is 123 Å². The van der Waals surface area contributed by atoms with Crippen molar-refractivity contribution in [2.24, 2.45) is 0 Å². The van der Waals surface area contributed by atoms with E-state index in [4.69, 9.17) is 0 Å². The van der Waals surface area contributed by atoms with Crippen LogP contribution in [-0.4, -0.2) is 6.36 Å². The molecule has 0 unspecified atom stereocenters. The lowest BCUT2D eigenvalue weighted by atomic mass is 10.0. The highest BCUT2D eigenvalue weighted by atomic mass is 79.9. The SMILES string of the molecule is CCc1cc(Br)cc(-c2cccc(OC(F)(F)F)c2)c1. The lowest BCUT2D eigenvalue weighted by Crippen LogP contribution is -2.17. The number of halogens is 4. The summed E-state index contributed by atoms with van der Waals surface area (Å²) in [6.07, 6.45) is -3.82. The van der Waals surface area contributed by atoms with Gasteiger partial charge in [0.15, 0.2) is 0 Å². The molecular formula is C15H12BrF3O. The van der Waals surface area contributed by atoms with Crippen molar-refractivity contribution in [1.29, 1.82) is 0 Å². The zero-order valence-corrected chi connectivity index (χ0v) is 12.3. The molecule has 0 atom stereocenters. The number of hydrogen-bond donors (Lipinski definition) is 0. The molecule has 2 aromatic rings. The second kappa shape index (κ2) is 5.87. The third-order valence-electron chi connectivity index (χ3n) is 2.77. The van der Waals surface area contributed by atoms with Gasteiger partial charge in [0.25, 0.3) is 0 Å². The van der Waals surface area contributed by atoms with E-state index < -0.39 is 6.36 Å². The van der Waals surface area contributed by atoms with E-state index in [0.717, 1.165) is 22.0 Å². The van der Waals surface area contributed by atoms with E-state index >= 15 is 0 Å². The van der Waals surface area contributed by atoms with Gasteiger partial charge in [0.2, 0.25) is 0 Å². The van der Waals surface area contributed by atoms with Gasteiger partial charge in [0.1, 0.15) is 5.75 Å². The molecule has 0 aliphatic carbocycles. The second-order valence-corrected chi connectivity index (χ2v) is 5.19. The Bertz CT molecular complexity index is 608. The highest BCUT2D eigenvalue weighted by Crippen LogP contribution is 2.30. The molecular weight excluding hydrogens is 333 g/mol. The monoisotopic (exact) mass is 344 g/mol. The van der Waals surface area contributed by atoms with Crippen LogP contribution in [0.15, 0.2) is 46.9 Å². The van der Waals surface area contributed by atoms with Crippen LogP contribution in [0.4, 0.5) is 13.2 Å². The van der Waals surface area contributed by atoms with Crippen LogP contribution in [0.3, 0.4) is 0 Å². The molecule has 0 saturated heterocycles. The van der Waals surface area contributed by atoms with Crippen molar-refractivity contribution >= 4 is 15.9 Å². The molecule has 0 saturated carbocycles. The van der Waals surface area contributed by atoms with Crippen LogP contribution in [0.5, 0.6) is 5.75 Å². The highest BCUT2D eigenvalue weighted by molar-refractivity contribution is 9.10. The molecule has 20 heavy (non-hydrogen) atoms. The predicted molar refractivity (Wildman–Crippen MR) is 75.6 cm³/mol. The summed E-state index contributed by atoms with van der Waals surface area (Å²) in [7, 11) is 0. The first-order valence-corrected chi connectivity index (χ1v) is 6.82. The zero-order chi connectivity index (χ0) is 14.8. The fourth-order valence-electron chi connectivity index (χ4n) is 1.89. The highest BCUT2D eigenvalue weighted by Gasteiger charge is 2.31. The van der Waals surface area contributed by atoms with Crippen molar-refractivity contribution in [1.82, 2.24) is 0 Å². The van der Waals surface area contributed by atoms with Gasteiger partial charge in [-0.25, -0.2) is 0 Å². The molecule has 0 N–H and O–H groups in total. The Morgan fingerprint density at radius 1 is 1.05 bits per heavy atom. The molecule has 0 bridgehead atoms. The third kappa shape index (κ3) is 4.00. The van der Waals surface area contributed by atoms with Gasteiger partial charge in [0.05, 0.1) is 0 Å². The van der Waals surface area contributed by atoms with Gasteiger partial charge in [-0.05, 0) is 47.4 Å². The normalized spacial score (nSPS) is 11.4. The first kappa shape index (κ1) is 14.9. The summed E-state index contributed by atoms with van der Waals surface area (Å²) in [6, 6.07) is 11.8. The van der Waals surface area contributed by atoms with Crippen LogP contribution in [0.2, 0.25) is 0 Å². The molecule has 1 nitrogen and oxygen atoms in total. The van der Waals surface area contributed by atoms with Crippen molar-refractivity contribution in [3.8, 4) is 16.9 Å². The molecule has 2 aromatic carbocycles. The standard InChI is InChI=1S/C15H12BrF3O/c1-2-10-6-12(8-13(16)7-10)11-4-3-5-14(9-11)20-15(17,18)19/h3-9H,2H2,1H3. The number of ether oxygens (including phenoxy) is 1. The molecule has 0 aliphatic heterocycles. The Kier molecular flexibility index (Phi) is 4.38. The molecule has 5 heteroatoms. The average Bonchev–Trinajstić information content (AvgIpc) is 2.36. The van der Waals surface area contributed by atoms with E-state index in [2.05, 4.69) is 20.7 Å². The van der Waals surface area contributed by atoms with Crippen LogP contribution in [0, 0.1) is 0 Å². The summed E-state index contributed by atoms with van der Waals surface area (Å²) >= 11 is 3.41.